The van der Waals surface area contributed by atoms with Gasteiger partial charge in [-0.15, -0.1) is 0 Å². The molecule has 180 valence electrons. The standard InChI is InChI=1S/C8H16O.C6H12O.C4H8O4S2.3CH4.Na/c1-3-5-6-7-8(9)4-2;1-3-5-6(7)4-2;1-2-4(5)3-9-10(6,7)8;;;;/h3-7H2,1-2H3;3-5H2,1-2H3;2-3H2,1H3,(H,6,7,8);3*1H4;/q;;;;;;+1/p-1. The zero-order valence-electron chi connectivity index (χ0n) is 17.8. The van der Waals surface area contributed by atoms with Gasteiger partial charge in [0.25, 0.3) is 0 Å². The van der Waals surface area contributed by atoms with Gasteiger partial charge in [0.15, 0.2) is 0 Å². The van der Waals surface area contributed by atoms with Gasteiger partial charge in [0.1, 0.15) is 26.5 Å². The number of hydrogen-bond acceptors (Lipinski definition) is 7. The Balaban J connectivity index is -0.0000000502. The predicted octanol–water partition coefficient (Wildman–Crippen LogP) is 3.38. The van der Waals surface area contributed by atoms with E-state index in [1.807, 2.05) is 20.8 Å². The molecule has 0 saturated carbocycles. The molecule has 0 aromatic heterocycles. The van der Waals surface area contributed by atoms with Gasteiger partial charge in [-0.1, -0.05) is 69.7 Å². The molecule has 0 fully saturated rings. The minimum Gasteiger partial charge on any atom is -0.739 e. The van der Waals surface area contributed by atoms with Crippen LogP contribution in [0.5, 0.6) is 0 Å². The third kappa shape index (κ3) is 51.2. The maximum Gasteiger partial charge on any atom is 1.00 e. The quantitative estimate of drug-likeness (QED) is 0.181. The maximum atomic E-state index is 10.7. The van der Waals surface area contributed by atoms with Crippen molar-refractivity contribution < 1.29 is 56.9 Å². The van der Waals surface area contributed by atoms with Crippen molar-refractivity contribution in [3.63, 3.8) is 0 Å². The summed E-state index contributed by atoms with van der Waals surface area (Å²) in [6.45, 7) is 9.61. The van der Waals surface area contributed by atoms with Crippen LogP contribution in [0, 0.1) is 0 Å². The number of unbranched alkanes of at least 4 members (excludes halogenated alkanes) is 2. The van der Waals surface area contributed by atoms with Gasteiger partial charge in [-0.25, -0.2) is 8.42 Å². The van der Waals surface area contributed by atoms with E-state index in [0.717, 1.165) is 25.7 Å². The van der Waals surface area contributed by atoms with Crippen LogP contribution in [-0.2, 0) is 23.5 Å². The fraction of sp³-hybridized carbons (Fsp3) is 0.857. The number of carbonyl (C=O) groups excluding carboxylic acids is 3. The van der Waals surface area contributed by atoms with Crippen LogP contribution >= 0.6 is 10.8 Å². The van der Waals surface area contributed by atoms with Gasteiger partial charge in [0.2, 0.25) is 0 Å². The van der Waals surface area contributed by atoms with Gasteiger partial charge in [-0.2, -0.15) is 0 Å². The Morgan fingerprint density at radius 3 is 1.37 bits per heavy atom. The Kier molecular flexibility index (Phi) is 54.1. The van der Waals surface area contributed by atoms with Gasteiger partial charge >= 0.3 is 29.6 Å². The molecule has 0 amide bonds. The molecular weight excluding hydrogens is 435 g/mol. The van der Waals surface area contributed by atoms with Gasteiger partial charge < -0.3 is 4.55 Å². The summed E-state index contributed by atoms with van der Waals surface area (Å²) < 4.78 is 29.7. The second-order valence-electron chi connectivity index (χ2n) is 5.55. The molecule has 6 nitrogen and oxygen atoms in total. The Morgan fingerprint density at radius 2 is 1.10 bits per heavy atom. The fourth-order valence-corrected chi connectivity index (χ4v) is 2.75. The summed E-state index contributed by atoms with van der Waals surface area (Å²) in [7, 11) is -4.15. The Labute approximate surface area is 213 Å². The smallest absolute Gasteiger partial charge is 0.739 e. The number of hydrogen-bond donors (Lipinski definition) is 0. The summed E-state index contributed by atoms with van der Waals surface area (Å²) in [6, 6.07) is 0. The third-order valence-corrected chi connectivity index (χ3v) is 5.08. The van der Waals surface area contributed by atoms with Crippen LogP contribution in [0.4, 0.5) is 0 Å². The molecule has 0 bridgehead atoms. The first-order chi connectivity index (χ1) is 12.1. The van der Waals surface area contributed by atoms with Crippen LogP contribution < -0.4 is 29.6 Å². The average Bonchev–Trinajstić information content (AvgIpc) is 2.60. The summed E-state index contributed by atoms with van der Waals surface area (Å²) in [5.74, 6) is 0.317. The van der Waals surface area contributed by atoms with Crippen LogP contribution in [-0.4, -0.2) is 36.1 Å². The van der Waals surface area contributed by atoms with E-state index in [4.69, 9.17) is 0 Å². The summed E-state index contributed by atoms with van der Waals surface area (Å²) >= 11 is 0. The van der Waals surface area contributed by atoms with E-state index in [1.165, 1.54) is 12.8 Å². The van der Waals surface area contributed by atoms with Crippen LogP contribution in [0.3, 0.4) is 0 Å². The van der Waals surface area contributed by atoms with Crippen molar-refractivity contribution >= 4 is 37.3 Å². The minimum absolute atomic E-state index is 0. The second kappa shape index (κ2) is 33.9. The molecule has 0 aromatic carbocycles. The fourth-order valence-electron chi connectivity index (χ4n) is 1.44. The average molecular weight is 483 g/mol. The van der Waals surface area contributed by atoms with E-state index in [9.17, 15) is 27.4 Å². The molecular formula is C21H47NaO6S2. The van der Waals surface area contributed by atoms with Crippen molar-refractivity contribution in [2.24, 2.45) is 0 Å². The van der Waals surface area contributed by atoms with E-state index < -0.39 is 9.15 Å². The zero-order chi connectivity index (χ0) is 21.0. The molecule has 30 heavy (non-hydrogen) atoms. The molecule has 0 aromatic rings. The van der Waals surface area contributed by atoms with Crippen LogP contribution in [0.15, 0.2) is 0 Å². The largest absolute Gasteiger partial charge is 1.00 e. The minimum atomic E-state index is -4.28. The third-order valence-electron chi connectivity index (χ3n) is 3.14. The SMILES string of the molecule is C.C.C.CCC(=O)CSS(=O)(=O)[O-].CCCC(=O)CC.CCCCCC(=O)CC.[Na+]. The molecule has 0 rings (SSSR count). The first kappa shape index (κ1) is 47.9. The van der Waals surface area contributed by atoms with Crippen molar-refractivity contribution in [3.8, 4) is 0 Å². The van der Waals surface area contributed by atoms with Crippen molar-refractivity contribution in [1.29, 1.82) is 0 Å². The number of ketones is 3. The maximum absolute atomic E-state index is 10.7. The zero-order valence-corrected chi connectivity index (χ0v) is 21.5. The Morgan fingerprint density at radius 1 is 0.700 bits per heavy atom. The number of carbonyl (C=O) groups is 3. The van der Waals surface area contributed by atoms with Crippen LogP contribution in [0.2, 0.25) is 0 Å². The molecule has 0 aliphatic heterocycles. The normalized spacial score (nSPS) is 8.73. The van der Waals surface area contributed by atoms with Gasteiger partial charge in [-0.3, -0.25) is 14.4 Å². The molecule has 0 aliphatic rings. The summed E-state index contributed by atoms with van der Waals surface area (Å²) in [5, 5.41) is 0. The Bertz CT molecular complexity index is 480. The van der Waals surface area contributed by atoms with E-state index in [-0.39, 0.29) is 80.6 Å². The molecule has 0 N–H and O–H groups in total. The number of rotatable bonds is 12. The van der Waals surface area contributed by atoms with Gasteiger partial charge in [0, 0.05) is 32.1 Å². The molecule has 9 heteroatoms. The summed E-state index contributed by atoms with van der Waals surface area (Å²) in [4.78, 5) is 31.5. The molecule has 0 aliphatic carbocycles. The molecule has 0 spiro atoms. The van der Waals surface area contributed by atoms with Gasteiger partial charge in [0.05, 0.1) is 5.75 Å². The van der Waals surface area contributed by atoms with Gasteiger partial charge in [-0.05, 0) is 23.6 Å². The first-order valence-electron chi connectivity index (χ1n) is 9.22. The first-order valence-corrected chi connectivity index (χ1v) is 12.1. The molecule has 0 atom stereocenters. The monoisotopic (exact) mass is 482 g/mol. The van der Waals surface area contributed by atoms with Crippen molar-refractivity contribution in [2.75, 3.05) is 5.75 Å². The summed E-state index contributed by atoms with van der Waals surface area (Å²) in [5.41, 5.74) is 0. The van der Waals surface area contributed by atoms with Crippen LogP contribution in [0.1, 0.15) is 115 Å². The summed E-state index contributed by atoms with van der Waals surface area (Å²) in [6.07, 6.45) is 7.72. The predicted molar refractivity (Wildman–Crippen MR) is 127 cm³/mol. The van der Waals surface area contributed by atoms with E-state index in [0.29, 0.717) is 24.4 Å². The molecule has 0 saturated heterocycles. The van der Waals surface area contributed by atoms with Crippen molar-refractivity contribution in [3.05, 3.63) is 0 Å². The van der Waals surface area contributed by atoms with E-state index in [1.54, 1.807) is 6.92 Å². The Hall–Kier alpha value is 0.270. The van der Waals surface area contributed by atoms with E-state index in [2.05, 4.69) is 6.92 Å². The topological polar surface area (TPSA) is 108 Å². The van der Waals surface area contributed by atoms with Crippen molar-refractivity contribution in [1.82, 2.24) is 0 Å². The van der Waals surface area contributed by atoms with Crippen LogP contribution in [0.25, 0.3) is 0 Å². The van der Waals surface area contributed by atoms with Crippen molar-refractivity contribution in [2.45, 2.75) is 115 Å². The number of Topliss-reactive ketones (excluding diaryl/α,β-unsaturated/α-hetero) is 3. The molecule has 0 heterocycles. The van der Waals surface area contributed by atoms with E-state index >= 15 is 0 Å². The second-order valence-corrected chi connectivity index (χ2v) is 8.83. The molecule has 0 radical (unpaired) electrons. The molecule has 0 unspecified atom stereocenters.